The minimum atomic E-state index is -3.66. The maximum absolute atomic E-state index is 13.6. The molecule has 144 valence electrons. The Morgan fingerprint density at radius 2 is 1.67 bits per heavy atom. The first-order chi connectivity index (χ1) is 12.9. The van der Waals surface area contributed by atoms with E-state index in [4.69, 9.17) is 0 Å². The van der Waals surface area contributed by atoms with E-state index in [0.717, 1.165) is 18.4 Å². The molecule has 1 fully saturated rings. The topological polar surface area (TPSA) is 54.4 Å². The Labute approximate surface area is 162 Å². The minimum absolute atomic E-state index is 0.299. The molecule has 27 heavy (non-hydrogen) atoms. The largest absolute Gasteiger partial charge is 0.392 e. The van der Waals surface area contributed by atoms with Crippen LogP contribution in [0.25, 0.3) is 0 Å². The Morgan fingerprint density at radius 1 is 1.07 bits per heavy atom. The highest BCUT2D eigenvalue weighted by atomic mass is 32.2. The van der Waals surface area contributed by atoms with E-state index in [1.54, 1.807) is 30.3 Å². The molecule has 3 rings (SSSR count). The van der Waals surface area contributed by atoms with Crippen molar-refractivity contribution in [2.75, 3.05) is 0 Å². The zero-order chi connectivity index (χ0) is 19.5. The molecule has 3 nitrogen and oxygen atoms in total. The minimum Gasteiger partial charge on any atom is -0.392 e. The van der Waals surface area contributed by atoms with Crippen LogP contribution in [-0.4, -0.2) is 24.4 Å². The molecule has 0 aromatic heterocycles. The van der Waals surface area contributed by atoms with Gasteiger partial charge in [0.1, 0.15) is 4.75 Å². The number of aryl methyl sites for hydroxylation is 1. The van der Waals surface area contributed by atoms with E-state index >= 15 is 0 Å². The molecule has 0 heterocycles. The zero-order valence-corrected chi connectivity index (χ0v) is 16.7. The summed E-state index contributed by atoms with van der Waals surface area (Å²) in [6.07, 6.45) is 4.02. The average Bonchev–Trinajstić information content (AvgIpc) is 3.06. The van der Waals surface area contributed by atoms with E-state index in [0.29, 0.717) is 24.2 Å². The summed E-state index contributed by atoms with van der Waals surface area (Å²) in [5, 5.41) is 11.1. The first kappa shape index (κ1) is 19.8. The molecule has 3 atom stereocenters. The van der Waals surface area contributed by atoms with Crippen LogP contribution in [0.4, 0.5) is 0 Å². The molecular formula is C23H28O3S. The first-order valence-electron chi connectivity index (χ1n) is 9.53. The molecule has 0 radical (unpaired) electrons. The Morgan fingerprint density at radius 3 is 2.26 bits per heavy atom. The summed E-state index contributed by atoms with van der Waals surface area (Å²) in [6.45, 7) is 5.83. The van der Waals surface area contributed by atoms with Crippen molar-refractivity contribution in [1.82, 2.24) is 0 Å². The van der Waals surface area contributed by atoms with Gasteiger partial charge in [-0.25, -0.2) is 8.42 Å². The van der Waals surface area contributed by atoms with Gasteiger partial charge in [0.25, 0.3) is 0 Å². The summed E-state index contributed by atoms with van der Waals surface area (Å²) < 4.78 is 26.0. The Bertz CT molecular complexity index is 876. The summed E-state index contributed by atoms with van der Waals surface area (Å²) in [7, 11) is -3.66. The van der Waals surface area contributed by atoms with Crippen LogP contribution < -0.4 is 0 Å². The fraction of sp³-hybridized carbons (Fsp3) is 0.391. The average molecular weight is 385 g/mol. The molecule has 0 amide bonds. The maximum atomic E-state index is 13.6. The highest BCUT2D eigenvalue weighted by molar-refractivity contribution is 7.93. The summed E-state index contributed by atoms with van der Waals surface area (Å²) in [5.41, 5.74) is 0.381. The smallest absolute Gasteiger partial charge is 0.188 e. The molecule has 1 aliphatic rings. The lowest BCUT2D eigenvalue weighted by molar-refractivity contribution is 0.0231. The molecule has 0 unspecified atom stereocenters. The quantitative estimate of drug-likeness (QED) is 0.712. The van der Waals surface area contributed by atoms with Crippen molar-refractivity contribution in [3.8, 4) is 0 Å². The van der Waals surface area contributed by atoms with Gasteiger partial charge in [-0.15, -0.1) is 6.58 Å². The summed E-state index contributed by atoms with van der Waals surface area (Å²) >= 11 is 0. The van der Waals surface area contributed by atoms with Crippen molar-refractivity contribution in [1.29, 1.82) is 0 Å². The van der Waals surface area contributed by atoms with Crippen LogP contribution in [0.5, 0.6) is 0 Å². The molecule has 2 aromatic rings. The third kappa shape index (κ3) is 3.26. The third-order valence-corrected chi connectivity index (χ3v) is 9.05. The highest BCUT2D eigenvalue weighted by Crippen LogP contribution is 2.56. The van der Waals surface area contributed by atoms with Crippen molar-refractivity contribution in [2.45, 2.75) is 54.8 Å². The predicted octanol–water partition coefficient (Wildman–Crippen LogP) is 4.57. The molecular weight excluding hydrogens is 356 g/mol. The van der Waals surface area contributed by atoms with Gasteiger partial charge in [-0.05, 0) is 43.4 Å². The van der Waals surface area contributed by atoms with E-state index < -0.39 is 26.1 Å². The van der Waals surface area contributed by atoms with E-state index in [1.807, 2.05) is 43.3 Å². The SMILES string of the molecule is C=C[C@@]1(S(=O)(=O)c2ccccc2)CCC[C@]1(C)[C@@H](O)CCc1ccccc1. The van der Waals surface area contributed by atoms with Crippen LogP contribution in [0, 0.1) is 5.41 Å². The third-order valence-electron chi connectivity index (χ3n) is 6.36. The van der Waals surface area contributed by atoms with Gasteiger partial charge in [0.05, 0.1) is 11.0 Å². The van der Waals surface area contributed by atoms with Crippen LogP contribution in [0.3, 0.4) is 0 Å². The number of aliphatic hydroxyl groups excluding tert-OH is 1. The van der Waals surface area contributed by atoms with Crippen LogP contribution in [0.2, 0.25) is 0 Å². The second-order valence-corrected chi connectivity index (χ2v) is 9.93. The van der Waals surface area contributed by atoms with Crippen molar-refractivity contribution < 1.29 is 13.5 Å². The number of aliphatic hydroxyl groups is 1. The van der Waals surface area contributed by atoms with Crippen molar-refractivity contribution in [2.24, 2.45) is 5.41 Å². The first-order valence-corrected chi connectivity index (χ1v) is 11.0. The van der Waals surface area contributed by atoms with E-state index in [1.165, 1.54) is 0 Å². The monoisotopic (exact) mass is 384 g/mol. The summed E-state index contributed by atoms with van der Waals surface area (Å²) in [6, 6.07) is 18.5. The molecule has 0 spiro atoms. The van der Waals surface area contributed by atoms with Gasteiger partial charge in [0, 0.05) is 5.41 Å². The Hall–Kier alpha value is -1.91. The van der Waals surface area contributed by atoms with E-state index in [2.05, 4.69) is 6.58 Å². The molecule has 1 N–H and O–H groups in total. The van der Waals surface area contributed by atoms with E-state index in [-0.39, 0.29) is 0 Å². The number of hydrogen-bond acceptors (Lipinski definition) is 3. The van der Waals surface area contributed by atoms with Crippen LogP contribution in [0.1, 0.15) is 38.2 Å². The van der Waals surface area contributed by atoms with Gasteiger partial charge in [-0.1, -0.05) is 68.0 Å². The molecule has 1 saturated carbocycles. The van der Waals surface area contributed by atoms with Gasteiger partial charge >= 0.3 is 0 Å². The van der Waals surface area contributed by atoms with Gasteiger partial charge < -0.3 is 5.11 Å². The second kappa shape index (κ2) is 7.61. The number of rotatable bonds is 7. The van der Waals surface area contributed by atoms with E-state index in [9.17, 15) is 13.5 Å². The maximum Gasteiger partial charge on any atom is 0.188 e. The van der Waals surface area contributed by atoms with Crippen LogP contribution in [0.15, 0.2) is 78.2 Å². The van der Waals surface area contributed by atoms with Crippen molar-refractivity contribution in [3.63, 3.8) is 0 Å². The van der Waals surface area contributed by atoms with Crippen LogP contribution in [-0.2, 0) is 16.3 Å². The zero-order valence-electron chi connectivity index (χ0n) is 15.8. The molecule has 1 aliphatic carbocycles. The molecule has 0 saturated heterocycles. The standard InChI is InChI=1S/C23H28O3S/c1-3-23(27(25,26)20-13-8-5-9-14-20)18-10-17-22(23,2)21(24)16-15-19-11-6-4-7-12-19/h3-9,11-14,21,24H,1,10,15-18H2,2H3/t21-,22+,23+/m0/s1. The Balaban J connectivity index is 1.94. The van der Waals surface area contributed by atoms with Crippen molar-refractivity contribution >= 4 is 9.84 Å². The molecule has 4 heteroatoms. The highest BCUT2D eigenvalue weighted by Gasteiger charge is 2.61. The molecule has 0 aliphatic heterocycles. The number of benzene rings is 2. The normalized spacial score (nSPS) is 26.6. The fourth-order valence-corrected chi connectivity index (χ4v) is 7.05. The number of sulfone groups is 1. The second-order valence-electron chi connectivity index (χ2n) is 7.72. The lowest BCUT2D eigenvalue weighted by Gasteiger charge is -2.44. The molecule has 2 aromatic carbocycles. The van der Waals surface area contributed by atoms with Gasteiger partial charge in [-0.2, -0.15) is 0 Å². The van der Waals surface area contributed by atoms with Gasteiger partial charge in [0.2, 0.25) is 0 Å². The van der Waals surface area contributed by atoms with Crippen LogP contribution >= 0.6 is 0 Å². The molecule has 0 bridgehead atoms. The summed E-state index contributed by atoms with van der Waals surface area (Å²) in [4.78, 5) is 0.299. The lowest BCUT2D eigenvalue weighted by Crippen LogP contribution is -2.53. The fourth-order valence-electron chi connectivity index (χ4n) is 4.63. The Kier molecular flexibility index (Phi) is 5.59. The van der Waals surface area contributed by atoms with Gasteiger partial charge in [0.15, 0.2) is 9.84 Å². The summed E-state index contributed by atoms with van der Waals surface area (Å²) in [5.74, 6) is 0. The van der Waals surface area contributed by atoms with Crippen molar-refractivity contribution in [3.05, 3.63) is 78.9 Å². The predicted molar refractivity (Wildman–Crippen MR) is 109 cm³/mol. The van der Waals surface area contributed by atoms with Gasteiger partial charge in [-0.3, -0.25) is 0 Å². The lowest BCUT2D eigenvalue weighted by atomic mass is 9.72. The number of hydrogen-bond donors (Lipinski definition) is 1.